The number of anilines is 1. The molecule has 0 aliphatic carbocycles. The van der Waals surface area contributed by atoms with Crippen LogP contribution in [0.5, 0.6) is 5.75 Å². The second-order valence-corrected chi connectivity index (χ2v) is 5.09. The van der Waals surface area contributed by atoms with Gasteiger partial charge < -0.3 is 15.4 Å². The monoisotopic (exact) mass is 274 g/mol. The third kappa shape index (κ3) is 3.84. The molecule has 1 aliphatic rings. The molecule has 0 atom stereocenters. The molecule has 2 rings (SSSR count). The number of hydrogen-bond acceptors (Lipinski definition) is 3. The van der Waals surface area contributed by atoms with Crippen LogP contribution in [0.15, 0.2) is 30.9 Å². The van der Waals surface area contributed by atoms with Crippen molar-refractivity contribution >= 4 is 11.6 Å². The molecule has 1 heterocycles. The van der Waals surface area contributed by atoms with E-state index in [1.807, 2.05) is 25.1 Å². The highest BCUT2D eigenvalue weighted by Gasteiger charge is 2.21. The molecule has 0 spiro atoms. The Hall–Kier alpha value is -1.81. The van der Waals surface area contributed by atoms with Gasteiger partial charge in [-0.2, -0.15) is 0 Å². The van der Waals surface area contributed by atoms with Crippen LogP contribution in [0.4, 0.5) is 5.69 Å². The summed E-state index contributed by atoms with van der Waals surface area (Å²) in [5.74, 6) is 1.03. The Morgan fingerprint density at radius 1 is 1.50 bits per heavy atom. The van der Waals surface area contributed by atoms with Crippen molar-refractivity contribution in [1.29, 1.82) is 0 Å². The first-order valence-electron chi connectivity index (χ1n) is 7.06. The molecule has 1 aliphatic heterocycles. The fourth-order valence-corrected chi connectivity index (χ4v) is 2.34. The van der Waals surface area contributed by atoms with E-state index in [2.05, 4.69) is 17.2 Å². The maximum atomic E-state index is 12.2. The van der Waals surface area contributed by atoms with E-state index in [1.54, 1.807) is 6.08 Å². The number of amides is 1. The lowest BCUT2D eigenvalue weighted by atomic mass is 9.97. The van der Waals surface area contributed by atoms with Gasteiger partial charge in [0.15, 0.2) is 0 Å². The molecule has 20 heavy (non-hydrogen) atoms. The molecular formula is C16H22N2O2. The first-order chi connectivity index (χ1) is 9.70. The van der Waals surface area contributed by atoms with E-state index in [1.165, 1.54) is 0 Å². The summed E-state index contributed by atoms with van der Waals surface area (Å²) in [5.41, 5.74) is 1.87. The second-order valence-electron chi connectivity index (χ2n) is 5.09. The van der Waals surface area contributed by atoms with Gasteiger partial charge in [0.25, 0.3) is 0 Å². The SMILES string of the molecule is C=CCOc1ccc(NC(=O)C2CCNCC2)c(C)c1. The fraction of sp³-hybridized carbons (Fsp3) is 0.438. The Labute approximate surface area is 120 Å². The number of aryl methyl sites for hydroxylation is 1. The molecule has 1 aromatic carbocycles. The van der Waals surface area contributed by atoms with Gasteiger partial charge in [0, 0.05) is 11.6 Å². The molecule has 4 heteroatoms. The maximum absolute atomic E-state index is 12.2. The molecular weight excluding hydrogens is 252 g/mol. The first kappa shape index (κ1) is 14.6. The average Bonchev–Trinajstić information content (AvgIpc) is 2.48. The molecule has 0 aromatic heterocycles. The van der Waals surface area contributed by atoms with Gasteiger partial charge in [-0.1, -0.05) is 12.7 Å². The third-order valence-electron chi connectivity index (χ3n) is 3.53. The number of carbonyl (C=O) groups excluding carboxylic acids is 1. The van der Waals surface area contributed by atoms with E-state index in [0.29, 0.717) is 6.61 Å². The lowest BCUT2D eigenvalue weighted by Gasteiger charge is -2.22. The molecule has 0 radical (unpaired) electrons. The summed E-state index contributed by atoms with van der Waals surface area (Å²) in [6.07, 6.45) is 3.53. The zero-order chi connectivity index (χ0) is 14.4. The van der Waals surface area contributed by atoms with Gasteiger partial charge >= 0.3 is 0 Å². The Morgan fingerprint density at radius 3 is 2.90 bits per heavy atom. The van der Waals surface area contributed by atoms with Crippen LogP contribution >= 0.6 is 0 Å². The van der Waals surface area contributed by atoms with Gasteiger partial charge in [-0.05, 0) is 56.6 Å². The van der Waals surface area contributed by atoms with E-state index in [9.17, 15) is 4.79 Å². The van der Waals surface area contributed by atoms with Crippen LogP contribution in [0.2, 0.25) is 0 Å². The zero-order valence-corrected chi connectivity index (χ0v) is 11.9. The predicted octanol–water partition coefficient (Wildman–Crippen LogP) is 2.50. The highest BCUT2D eigenvalue weighted by molar-refractivity contribution is 5.93. The van der Waals surface area contributed by atoms with Crippen molar-refractivity contribution in [2.45, 2.75) is 19.8 Å². The normalized spacial score (nSPS) is 15.7. The van der Waals surface area contributed by atoms with Gasteiger partial charge in [0.05, 0.1) is 0 Å². The lowest BCUT2D eigenvalue weighted by Crippen LogP contribution is -2.34. The van der Waals surface area contributed by atoms with Crippen molar-refractivity contribution in [1.82, 2.24) is 5.32 Å². The summed E-state index contributed by atoms with van der Waals surface area (Å²) in [5, 5.41) is 6.29. The Balaban J connectivity index is 1.98. The van der Waals surface area contributed by atoms with Crippen molar-refractivity contribution in [3.63, 3.8) is 0 Å². The van der Waals surface area contributed by atoms with Crippen molar-refractivity contribution in [3.05, 3.63) is 36.4 Å². The number of nitrogens with one attached hydrogen (secondary N) is 2. The molecule has 1 saturated heterocycles. The molecule has 108 valence electrons. The summed E-state index contributed by atoms with van der Waals surface area (Å²) >= 11 is 0. The number of carbonyl (C=O) groups is 1. The molecule has 4 nitrogen and oxygen atoms in total. The molecule has 1 fully saturated rings. The minimum Gasteiger partial charge on any atom is -0.490 e. The lowest BCUT2D eigenvalue weighted by molar-refractivity contribution is -0.120. The second kappa shape index (κ2) is 7.10. The number of hydrogen-bond donors (Lipinski definition) is 2. The Kier molecular flexibility index (Phi) is 5.18. The summed E-state index contributed by atoms with van der Waals surface area (Å²) in [6.45, 7) is 7.92. The van der Waals surface area contributed by atoms with Crippen LogP contribution in [0.3, 0.4) is 0 Å². The quantitative estimate of drug-likeness (QED) is 0.811. The zero-order valence-electron chi connectivity index (χ0n) is 11.9. The summed E-state index contributed by atoms with van der Waals surface area (Å²) in [7, 11) is 0. The number of piperidine rings is 1. The van der Waals surface area contributed by atoms with Crippen LogP contribution in [0, 0.1) is 12.8 Å². The van der Waals surface area contributed by atoms with Crippen LogP contribution in [0.25, 0.3) is 0 Å². The highest BCUT2D eigenvalue weighted by atomic mass is 16.5. The molecule has 2 N–H and O–H groups in total. The minimum atomic E-state index is 0.118. The summed E-state index contributed by atoms with van der Waals surface area (Å²) in [6, 6.07) is 5.70. The minimum absolute atomic E-state index is 0.118. The molecule has 1 aromatic rings. The Bertz CT molecular complexity index is 479. The van der Waals surface area contributed by atoms with Gasteiger partial charge in [-0.3, -0.25) is 4.79 Å². The number of rotatable bonds is 5. The van der Waals surface area contributed by atoms with Gasteiger partial charge in [-0.15, -0.1) is 0 Å². The number of ether oxygens (including phenoxy) is 1. The maximum Gasteiger partial charge on any atom is 0.227 e. The first-order valence-corrected chi connectivity index (χ1v) is 7.06. The number of benzene rings is 1. The van der Waals surface area contributed by atoms with E-state index in [-0.39, 0.29) is 11.8 Å². The van der Waals surface area contributed by atoms with Crippen LogP contribution in [0.1, 0.15) is 18.4 Å². The van der Waals surface area contributed by atoms with Crippen LogP contribution < -0.4 is 15.4 Å². The Morgan fingerprint density at radius 2 is 2.25 bits per heavy atom. The van der Waals surface area contributed by atoms with Crippen LogP contribution in [-0.2, 0) is 4.79 Å². The molecule has 1 amide bonds. The average molecular weight is 274 g/mol. The van der Waals surface area contributed by atoms with E-state index in [0.717, 1.165) is 42.9 Å². The molecule has 0 saturated carbocycles. The van der Waals surface area contributed by atoms with Gasteiger partial charge in [0.1, 0.15) is 12.4 Å². The van der Waals surface area contributed by atoms with Crippen LogP contribution in [-0.4, -0.2) is 25.6 Å². The van der Waals surface area contributed by atoms with Crippen molar-refractivity contribution in [2.24, 2.45) is 5.92 Å². The van der Waals surface area contributed by atoms with Crippen molar-refractivity contribution < 1.29 is 9.53 Å². The summed E-state index contributed by atoms with van der Waals surface area (Å²) < 4.78 is 5.47. The van der Waals surface area contributed by atoms with E-state index >= 15 is 0 Å². The largest absolute Gasteiger partial charge is 0.490 e. The molecule has 0 bridgehead atoms. The predicted molar refractivity (Wildman–Crippen MR) is 81.1 cm³/mol. The van der Waals surface area contributed by atoms with Gasteiger partial charge in [-0.25, -0.2) is 0 Å². The topological polar surface area (TPSA) is 50.4 Å². The third-order valence-corrected chi connectivity index (χ3v) is 3.53. The fourth-order valence-electron chi connectivity index (χ4n) is 2.34. The summed E-state index contributed by atoms with van der Waals surface area (Å²) in [4.78, 5) is 12.2. The van der Waals surface area contributed by atoms with Gasteiger partial charge in [0.2, 0.25) is 5.91 Å². The van der Waals surface area contributed by atoms with Crippen molar-refractivity contribution in [3.8, 4) is 5.75 Å². The van der Waals surface area contributed by atoms with E-state index in [4.69, 9.17) is 4.74 Å². The highest BCUT2D eigenvalue weighted by Crippen LogP contribution is 2.23. The standard InChI is InChI=1S/C16H22N2O2/c1-3-10-20-14-4-5-15(12(2)11-14)18-16(19)13-6-8-17-9-7-13/h3-5,11,13,17H,1,6-10H2,2H3,(H,18,19). The molecule has 0 unspecified atom stereocenters. The van der Waals surface area contributed by atoms with Crippen molar-refractivity contribution in [2.75, 3.05) is 25.0 Å². The smallest absolute Gasteiger partial charge is 0.227 e. The van der Waals surface area contributed by atoms with E-state index < -0.39 is 0 Å².